The fourth-order valence-electron chi connectivity index (χ4n) is 2.48. The molecule has 0 heterocycles. The maximum absolute atomic E-state index is 3.61. The van der Waals surface area contributed by atoms with Gasteiger partial charge in [0.2, 0.25) is 0 Å². The summed E-state index contributed by atoms with van der Waals surface area (Å²) in [5.74, 6) is 0. The summed E-state index contributed by atoms with van der Waals surface area (Å²) in [6.07, 6.45) is 0. The van der Waals surface area contributed by atoms with Crippen LogP contribution in [0.4, 0.5) is 0 Å². The summed E-state index contributed by atoms with van der Waals surface area (Å²) in [4.78, 5) is 0. The molecule has 0 radical (unpaired) electrons. The van der Waals surface area contributed by atoms with E-state index in [1.165, 1.54) is 32.3 Å². The van der Waals surface area contributed by atoms with Gasteiger partial charge in [-0.1, -0.05) is 58.7 Å². The summed E-state index contributed by atoms with van der Waals surface area (Å²) in [6.45, 7) is 9.56. The molecule has 0 saturated heterocycles. The summed E-state index contributed by atoms with van der Waals surface area (Å²) in [5.41, 5.74) is 6.57. The maximum atomic E-state index is 3.61. The number of nitrogens with one attached hydrogen (secondary N) is 1. The van der Waals surface area contributed by atoms with Gasteiger partial charge in [-0.05, 0) is 55.6 Å². The zero-order valence-corrected chi connectivity index (χ0v) is 14.2. The van der Waals surface area contributed by atoms with Gasteiger partial charge < -0.3 is 5.32 Å². The molecule has 1 nitrogen and oxygen atoms in total. The first-order valence-electron chi connectivity index (χ1n) is 7.09. The Bertz CT molecular complexity index is 587. The molecule has 0 aliphatic heterocycles. The Morgan fingerprint density at radius 1 is 1.00 bits per heavy atom. The van der Waals surface area contributed by atoms with Crippen LogP contribution in [-0.2, 0) is 0 Å². The Balaban J connectivity index is 2.48. The quantitative estimate of drug-likeness (QED) is 0.824. The third kappa shape index (κ3) is 3.31. The lowest BCUT2D eigenvalue weighted by molar-refractivity contribution is 0.627. The number of hydrogen-bond donors (Lipinski definition) is 1. The largest absolute Gasteiger partial charge is 0.307 e. The molecular weight excluding hydrogens is 310 g/mol. The molecule has 0 spiro atoms. The van der Waals surface area contributed by atoms with Crippen molar-refractivity contribution in [2.24, 2.45) is 0 Å². The predicted octanol–water partition coefficient (Wildman–Crippen LogP) is 5.07. The maximum Gasteiger partial charge on any atom is 0.0579 e. The highest BCUT2D eigenvalue weighted by Gasteiger charge is 2.16. The number of halogens is 1. The second-order valence-corrected chi connectivity index (χ2v) is 6.21. The topological polar surface area (TPSA) is 12.0 Å². The van der Waals surface area contributed by atoms with Gasteiger partial charge in [0.1, 0.15) is 0 Å². The van der Waals surface area contributed by atoms with Crippen LogP contribution in [0.1, 0.15) is 40.8 Å². The molecule has 0 aliphatic rings. The molecule has 0 bridgehead atoms. The van der Waals surface area contributed by atoms with E-state index in [0.29, 0.717) is 0 Å². The molecule has 0 aliphatic carbocycles. The Morgan fingerprint density at radius 3 is 2.25 bits per heavy atom. The van der Waals surface area contributed by atoms with Crippen LogP contribution in [0.15, 0.2) is 40.9 Å². The van der Waals surface area contributed by atoms with Crippen LogP contribution in [0.2, 0.25) is 0 Å². The first-order chi connectivity index (χ1) is 9.52. The minimum atomic E-state index is 0.257. The van der Waals surface area contributed by atoms with Gasteiger partial charge >= 0.3 is 0 Å². The summed E-state index contributed by atoms with van der Waals surface area (Å²) in [7, 11) is 0. The Kier molecular flexibility index (Phi) is 5.00. The van der Waals surface area contributed by atoms with Gasteiger partial charge in [-0.2, -0.15) is 0 Å². The van der Waals surface area contributed by atoms with Crippen molar-refractivity contribution in [3.63, 3.8) is 0 Å². The van der Waals surface area contributed by atoms with E-state index in [-0.39, 0.29) is 6.04 Å². The highest BCUT2D eigenvalue weighted by Crippen LogP contribution is 2.29. The second kappa shape index (κ2) is 6.55. The molecule has 20 heavy (non-hydrogen) atoms. The summed E-state index contributed by atoms with van der Waals surface area (Å²) < 4.78 is 1.18. The highest BCUT2D eigenvalue weighted by atomic mass is 79.9. The van der Waals surface area contributed by atoms with Crippen molar-refractivity contribution in [2.75, 3.05) is 6.54 Å². The predicted molar refractivity (Wildman–Crippen MR) is 90.3 cm³/mol. The lowest BCUT2D eigenvalue weighted by Crippen LogP contribution is -2.23. The molecule has 0 aromatic heterocycles. The summed E-state index contributed by atoms with van der Waals surface area (Å²) >= 11 is 3.61. The zero-order valence-electron chi connectivity index (χ0n) is 12.6. The third-order valence-electron chi connectivity index (χ3n) is 3.68. The monoisotopic (exact) mass is 331 g/mol. The highest BCUT2D eigenvalue weighted by molar-refractivity contribution is 9.10. The Hall–Kier alpha value is -1.12. The average Bonchev–Trinajstić information content (AvgIpc) is 2.42. The van der Waals surface area contributed by atoms with Crippen molar-refractivity contribution in [1.29, 1.82) is 0 Å². The Morgan fingerprint density at radius 2 is 1.65 bits per heavy atom. The van der Waals surface area contributed by atoms with Crippen LogP contribution in [0.3, 0.4) is 0 Å². The fraction of sp³-hybridized carbons (Fsp3) is 0.333. The standard InChI is InChI=1S/C18H22BrN/c1-5-20-18(15-8-6-12(2)7-9-15)16-10-14(4)17(19)11-13(16)3/h6-11,18,20H,5H2,1-4H3. The number of benzene rings is 2. The molecular formula is C18H22BrN. The number of rotatable bonds is 4. The first-order valence-corrected chi connectivity index (χ1v) is 7.88. The van der Waals surface area contributed by atoms with Crippen LogP contribution in [0, 0.1) is 20.8 Å². The van der Waals surface area contributed by atoms with Gasteiger partial charge in [0.05, 0.1) is 6.04 Å². The third-order valence-corrected chi connectivity index (χ3v) is 4.53. The average molecular weight is 332 g/mol. The van der Waals surface area contributed by atoms with E-state index in [9.17, 15) is 0 Å². The molecule has 1 N–H and O–H groups in total. The molecule has 2 heteroatoms. The van der Waals surface area contributed by atoms with Crippen LogP contribution >= 0.6 is 15.9 Å². The van der Waals surface area contributed by atoms with Gasteiger partial charge in [-0.15, -0.1) is 0 Å². The molecule has 2 aromatic carbocycles. The molecule has 2 aromatic rings. The van der Waals surface area contributed by atoms with E-state index < -0.39 is 0 Å². The van der Waals surface area contributed by atoms with E-state index in [2.05, 4.69) is 85.3 Å². The van der Waals surface area contributed by atoms with Crippen molar-refractivity contribution in [3.8, 4) is 0 Å². The molecule has 2 rings (SSSR count). The van der Waals surface area contributed by atoms with Crippen molar-refractivity contribution < 1.29 is 0 Å². The van der Waals surface area contributed by atoms with E-state index in [0.717, 1.165) is 6.54 Å². The summed E-state index contributed by atoms with van der Waals surface area (Å²) in [5, 5.41) is 3.61. The molecule has 106 valence electrons. The first kappa shape index (κ1) is 15.3. The van der Waals surface area contributed by atoms with Gasteiger partial charge in [0.25, 0.3) is 0 Å². The molecule has 1 unspecified atom stereocenters. The number of hydrogen-bond acceptors (Lipinski definition) is 1. The minimum absolute atomic E-state index is 0.257. The van der Waals surface area contributed by atoms with Gasteiger partial charge in [-0.3, -0.25) is 0 Å². The van der Waals surface area contributed by atoms with Gasteiger partial charge in [0.15, 0.2) is 0 Å². The van der Waals surface area contributed by atoms with Crippen molar-refractivity contribution >= 4 is 15.9 Å². The van der Waals surface area contributed by atoms with Crippen molar-refractivity contribution in [3.05, 3.63) is 68.7 Å². The molecule has 0 amide bonds. The lowest BCUT2D eigenvalue weighted by atomic mass is 9.93. The lowest BCUT2D eigenvalue weighted by Gasteiger charge is -2.22. The minimum Gasteiger partial charge on any atom is -0.307 e. The zero-order chi connectivity index (χ0) is 14.7. The SMILES string of the molecule is CCNC(c1ccc(C)cc1)c1cc(C)c(Br)cc1C. The molecule has 0 saturated carbocycles. The van der Waals surface area contributed by atoms with E-state index in [1.807, 2.05) is 0 Å². The normalized spacial score (nSPS) is 12.4. The van der Waals surface area contributed by atoms with Gasteiger partial charge in [-0.25, -0.2) is 0 Å². The molecule has 0 fully saturated rings. The summed E-state index contributed by atoms with van der Waals surface area (Å²) in [6, 6.07) is 13.6. The van der Waals surface area contributed by atoms with Crippen LogP contribution in [0.5, 0.6) is 0 Å². The van der Waals surface area contributed by atoms with Crippen LogP contribution in [0.25, 0.3) is 0 Å². The van der Waals surface area contributed by atoms with E-state index in [4.69, 9.17) is 0 Å². The Labute approximate surface area is 130 Å². The van der Waals surface area contributed by atoms with Crippen molar-refractivity contribution in [1.82, 2.24) is 5.32 Å². The van der Waals surface area contributed by atoms with E-state index in [1.54, 1.807) is 0 Å². The smallest absolute Gasteiger partial charge is 0.0579 e. The van der Waals surface area contributed by atoms with Gasteiger partial charge in [0, 0.05) is 4.47 Å². The second-order valence-electron chi connectivity index (χ2n) is 5.36. The van der Waals surface area contributed by atoms with Crippen molar-refractivity contribution in [2.45, 2.75) is 33.7 Å². The number of aryl methyl sites for hydroxylation is 3. The van der Waals surface area contributed by atoms with Crippen LogP contribution in [-0.4, -0.2) is 6.54 Å². The van der Waals surface area contributed by atoms with Crippen LogP contribution < -0.4 is 5.32 Å². The fourth-order valence-corrected chi connectivity index (χ4v) is 2.94. The van der Waals surface area contributed by atoms with E-state index >= 15 is 0 Å². The molecule has 1 atom stereocenters.